The van der Waals surface area contributed by atoms with Crippen LogP contribution < -0.4 is 10.6 Å². The maximum absolute atomic E-state index is 12.2. The summed E-state index contributed by atoms with van der Waals surface area (Å²) in [4.78, 5) is 28.8. The highest BCUT2D eigenvalue weighted by molar-refractivity contribution is 5.76. The van der Waals surface area contributed by atoms with Crippen molar-refractivity contribution in [2.75, 3.05) is 53.4 Å². The largest absolute Gasteiger partial charge is 0.356 e. The van der Waals surface area contributed by atoms with E-state index in [9.17, 15) is 9.59 Å². The van der Waals surface area contributed by atoms with E-state index in [0.717, 1.165) is 52.1 Å². The number of hydrogen-bond acceptors (Lipinski definition) is 4. The number of hydrogen-bond donors (Lipinski definition) is 2. The van der Waals surface area contributed by atoms with Crippen molar-refractivity contribution in [3.8, 4) is 0 Å². The van der Waals surface area contributed by atoms with Crippen LogP contribution in [0.2, 0.25) is 0 Å². The zero-order valence-electron chi connectivity index (χ0n) is 30.3. The lowest BCUT2D eigenvalue weighted by atomic mass is 10.1. The number of nitrogens with zero attached hydrogens (tertiary/aromatic N) is 2. The van der Waals surface area contributed by atoms with Gasteiger partial charge in [0.2, 0.25) is 11.8 Å². The van der Waals surface area contributed by atoms with Crippen molar-refractivity contribution in [3.63, 3.8) is 0 Å². The van der Waals surface area contributed by atoms with Crippen molar-refractivity contribution in [3.05, 3.63) is 0 Å². The first-order valence-corrected chi connectivity index (χ1v) is 19.4. The summed E-state index contributed by atoms with van der Waals surface area (Å²) in [5.41, 5.74) is 0. The second-order valence-corrected chi connectivity index (χ2v) is 13.6. The first kappa shape index (κ1) is 42.9. The van der Waals surface area contributed by atoms with Crippen LogP contribution in [-0.4, -0.2) is 75.0 Å². The van der Waals surface area contributed by atoms with E-state index in [2.05, 4.69) is 48.4 Å². The number of carbonyl (C=O) groups excluding carboxylic acids is 2. The van der Waals surface area contributed by atoms with Gasteiger partial charge in [0.05, 0.1) is 0 Å². The molecule has 44 heavy (non-hydrogen) atoms. The molecule has 0 aliphatic heterocycles. The lowest BCUT2D eigenvalue weighted by molar-refractivity contribution is -0.122. The molecule has 0 bridgehead atoms. The van der Waals surface area contributed by atoms with Crippen LogP contribution in [0.25, 0.3) is 0 Å². The third kappa shape index (κ3) is 33.7. The van der Waals surface area contributed by atoms with Crippen molar-refractivity contribution in [2.45, 2.75) is 181 Å². The Balaban J connectivity index is 3.49. The molecule has 0 unspecified atom stereocenters. The average molecular weight is 623 g/mol. The van der Waals surface area contributed by atoms with Gasteiger partial charge in [0, 0.05) is 52.1 Å². The highest BCUT2D eigenvalue weighted by Crippen LogP contribution is 2.13. The zero-order chi connectivity index (χ0) is 32.4. The van der Waals surface area contributed by atoms with Gasteiger partial charge in [-0.2, -0.15) is 0 Å². The van der Waals surface area contributed by atoms with E-state index < -0.39 is 0 Å². The van der Waals surface area contributed by atoms with Crippen molar-refractivity contribution in [1.29, 1.82) is 0 Å². The van der Waals surface area contributed by atoms with E-state index in [1.807, 2.05) is 0 Å². The van der Waals surface area contributed by atoms with Crippen LogP contribution in [0.3, 0.4) is 0 Å². The number of rotatable bonds is 35. The summed E-state index contributed by atoms with van der Waals surface area (Å²) in [7, 11) is 4.15. The topological polar surface area (TPSA) is 64.7 Å². The molecule has 0 radical (unpaired) electrons. The molecule has 0 saturated heterocycles. The Bertz CT molecular complexity index is 564. The monoisotopic (exact) mass is 623 g/mol. The van der Waals surface area contributed by atoms with Crippen molar-refractivity contribution in [1.82, 2.24) is 20.4 Å². The minimum absolute atomic E-state index is 0.165. The van der Waals surface area contributed by atoms with Gasteiger partial charge in [-0.1, -0.05) is 155 Å². The molecule has 0 spiro atoms. The van der Waals surface area contributed by atoms with Crippen molar-refractivity contribution in [2.24, 2.45) is 0 Å². The molecule has 0 atom stereocenters. The van der Waals surface area contributed by atoms with E-state index in [1.165, 1.54) is 141 Å². The molecule has 0 aliphatic carbocycles. The third-order valence-electron chi connectivity index (χ3n) is 9.01. The minimum Gasteiger partial charge on any atom is -0.356 e. The highest BCUT2D eigenvalue weighted by Gasteiger charge is 2.08. The molecule has 6 heteroatoms. The van der Waals surface area contributed by atoms with Crippen LogP contribution in [0.1, 0.15) is 181 Å². The fraction of sp³-hybridized carbons (Fsp3) is 0.947. The number of amides is 2. The molecule has 0 aromatic rings. The SMILES string of the molecule is CCCCCCCCCCCCCCNC(=O)CCN(C)CCN(C)CCC(=O)NCCCCCCCCCCCCCC. The molecule has 2 N–H and O–H groups in total. The molecule has 2 amide bonds. The molecule has 0 aromatic heterocycles. The number of unbranched alkanes of at least 4 members (excludes halogenated alkanes) is 22. The smallest absolute Gasteiger partial charge is 0.221 e. The van der Waals surface area contributed by atoms with Crippen LogP contribution in [0, 0.1) is 0 Å². The standard InChI is InChI=1S/C38H78N4O2/c1-5-7-9-11-13-15-17-19-21-23-25-27-31-39-37(43)29-33-41(3)35-36-42(4)34-30-38(44)40-32-28-26-24-22-20-18-16-14-12-10-8-6-2/h5-36H2,1-4H3,(H,39,43)(H,40,44). The predicted molar refractivity (Wildman–Crippen MR) is 192 cm³/mol. The second-order valence-electron chi connectivity index (χ2n) is 13.6. The van der Waals surface area contributed by atoms with E-state index in [1.54, 1.807) is 0 Å². The molecule has 0 aromatic carbocycles. The number of nitrogens with one attached hydrogen (secondary N) is 2. The van der Waals surface area contributed by atoms with Gasteiger partial charge >= 0.3 is 0 Å². The molecule has 0 aliphatic rings. The van der Waals surface area contributed by atoms with E-state index in [4.69, 9.17) is 0 Å². The summed E-state index contributed by atoms with van der Waals surface area (Å²) in [5, 5.41) is 6.19. The fourth-order valence-electron chi connectivity index (χ4n) is 5.71. The normalized spacial score (nSPS) is 11.5. The molecule has 262 valence electrons. The first-order valence-electron chi connectivity index (χ1n) is 19.4. The van der Waals surface area contributed by atoms with Gasteiger partial charge in [0.1, 0.15) is 0 Å². The zero-order valence-corrected chi connectivity index (χ0v) is 30.3. The maximum Gasteiger partial charge on any atom is 0.221 e. The van der Waals surface area contributed by atoms with E-state index >= 15 is 0 Å². The van der Waals surface area contributed by atoms with Crippen LogP contribution in [0.4, 0.5) is 0 Å². The number of carbonyl (C=O) groups is 2. The molecule has 0 saturated carbocycles. The predicted octanol–water partition coefficient (Wildman–Crippen LogP) is 9.26. The molecule has 6 nitrogen and oxygen atoms in total. The Kier molecular flexibility index (Phi) is 33.8. The van der Waals surface area contributed by atoms with Gasteiger partial charge < -0.3 is 20.4 Å². The van der Waals surface area contributed by atoms with Gasteiger partial charge in [-0.25, -0.2) is 0 Å². The summed E-state index contributed by atoms with van der Waals surface area (Å²) in [6, 6.07) is 0. The summed E-state index contributed by atoms with van der Waals surface area (Å²) >= 11 is 0. The molecular formula is C38H78N4O2. The van der Waals surface area contributed by atoms with Gasteiger partial charge in [0.15, 0.2) is 0 Å². The van der Waals surface area contributed by atoms with E-state index in [0.29, 0.717) is 12.8 Å². The molecule has 0 rings (SSSR count). The van der Waals surface area contributed by atoms with Gasteiger partial charge in [0.25, 0.3) is 0 Å². The maximum atomic E-state index is 12.2. The lowest BCUT2D eigenvalue weighted by Gasteiger charge is -2.21. The highest BCUT2D eigenvalue weighted by atomic mass is 16.2. The van der Waals surface area contributed by atoms with Gasteiger partial charge in [-0.3, -0.25) is 9.59 Å². The number of likely N-dealkylation sites (N-methyl/N-ethyl adjacent to an activating group) is 2. The molecular weight excluding hydrogens is 544 g/mol. The summed E-state index contributed by atoms with van der Waals surface area (Å²) < 4.78 is 0. The summed E-state index contributed by atoms with van der Waals surface area (Å²) in [6.07, 6.45) is 33.3. The second kappa shape index (κ2) is 34.7. The first-order chi connectivity index (χ1) is 21.5. The van der Waals surface area contributed by atoms with Crippen molar-refractivity contribution < 1.29 is 9.59 Å². The fourth-order valence-corrected chi connectivity index (χ4v) is 5.71. The van der Waals surface area contributed by atoms with Crippen LogP contribution in [0.15, 0.2) is 0 Å². The Labute approximate surface area is 275 Å². The minimum atomic E-state index is 0.165. The summed E-state index contributed by atoms with van der Waals surface area (Å²) in [5.74, 6) is 0.330. The van der Waals surface area contributed by atoms with E-state index in [-0.39, 0.29) is 11.8 Å². The van der Waals surface area contributed by atoms with Crippen LogP contribution >= 0.6 is 0 Å². The Morgan fingerprint density at radius 2 is 0.636 bits per heavy atom. The van der Waals surface area contributed by atoms with Gasteiger partial charge in [-0.15, -0.1) is 0 Å². The molecule has 0 heterocycles. The average Bonchev–Trinajstić information content (AvgIpc) is 3.02. The quantitative estimate of drug-likeness (QED) is 0.0692. The van der Waals surface area contributed by atoms with Crippen LogP contribution in [-0.2, 0) is 9.59 Å². The lowest BCUT2D eigenvalue weighted by Crippen LogP contribution is -2.35. The Hall–Kier alpha value is -1.14. The van der Waals surface area contributed by atoms with Crippen LogP contribution in [0.5, 0.6) is 0 Å². The van der Waals surface area contributed by atoms with Crippen molar-refractivity contribution >= 4 is 11.8 Å². The Morgan fingerprint density at radius 1 is 0.386 bits per heavy atom. The summed E-state index contributed by atoms with van der Waals surface area (Å²) in [6.45, 7) is 9.53. The third-order valence-corrected chi connectivity index (χ3v) is 9.01. The van der Waals surface area contributed by atoms with Gasteiger partial charge in [-0.05, 0) is 26.9 Å². The Morgan fingerprint density at radius 3 is 0.909 bits per heavy atom. The molecule has 0 fully saturated rings.